The molecule has 2 aromatic carbocycles. The monoisotopic (exact) mass is 578 g/mol. The lowest BCUT2D eigenvalue weighted by molar-refractivity contribution is -0.242. The van der Waals surface area contributed by atoms with Crippen molar-refractivity contribution < 1.29 is 49.4 Å². The van der Waals surface area contributed by atoms with E-state index >= 15 is 0 Å². The van der Waals surface area contributed by atoms with Gasteiger partial charge >= 0.3 is 6.18 Å². The van der Waals surface area contributed by atoms with Crippen molar-refractivity contribution in [3.63, 3.8) is 0 Å². The number of carbonyl (C=O) groups excluding carboxylic acids is 2. The molecule has 0 aromatic heterocycles. The van der Waals surface area contributed by atoms with E-state index in [2.05, 4.69) is 0 Å². The Morgan fingerprint density at radius 3 is 2.32 bits per heavy atom. The van der Waals surface area contributed by atoms with Crippen molar-refractivity contribution in [3.05, 3.63) is 48.0 Å². The molecule has 208 valence electrons. The number of amides is 2. The Balaban J connectivity index is 2.03. The molecule has 16 heteroatoms. The third-order valence-corrected chi connectivity index (χ3v) is 9.24. The van der Waals surface area contributed by atoms with E-state index in [1.54, 1.807) is 0 Å². The molecule has 1 unspecified atom stereocenters. The summed E-state index contributed by atoms with van der Waals surface area (Å²) in [5.41, 5.74) is -1.57. The van der Waals surface area contributed by atoms with Crippen LogP contribution in [-0.4, -0.2) is 46.2 Å². The summed E-state index contributed by atoms with van der Waals surface area (Å²) in [6.07, 6.45) is -8.41. The van der Waals surface area contributed by atoms with Gasteiger partial charge in [-0.25, -0.2) is 16.8 Å². The zero-order valence-electron chi connectivity index (χ0n) is 20.2. The number of benzene rings is 2. The van der Waals surface area contributed by atoms with E-state index in [0.717, 1.165) is 18.2 Å². The summed E-state index contributed by atoms with van der Waals surface area (Å²) >= 11 is 0. The Morgan fingerprint density at radius 2 is 1.74 bits per heavy atom. The van der Waals surface area contributed by atoms with Crippen molar-refractivity contribution in [3.8, 4) is 5.75 Å². The summed E-state index contributed by atoms with van der Waals surface area (Å²) in [6.45, 7) is 3.47. The molecule has 2 aromatic rings. The molecule has 0 saturated carbocycles. The number of anilines is 2. The van der Waals surface area contributed by atoms with E-state index in [0.29, 0.717) is 16.4 Å². The number of carbonyl (C=O) groups is 2. The number of hydrogen-bond donors (Lipinski definition) is 2. The van der Waals surface area contributed by atoms with Crippen LogP contribution in [0, 0.1) is 0 Å². The summed E-state index contributed by atoms with van der Waals surface area (Å²) in [4.78, 5) is 22.7. The summed E-state index contributed by atoms with van der Waals surface area (Å²) in [6, 6.07) is 6.44. The van der Waals surface area contributed by atoms with Crippen LogP contribution in [0.1, 0.15) is 32.8 Å². The number of rotatable bonds is 6. The highest BCUT2D eigenvalue weighted by atomic mass is 32.2. The fourth-order valence-corrected chi connectivity index (χ4v) is 5.59. The highest BCUT2D eigenvalue weighted by Crippen LogP contribution is 2.40. The van der Waals surface area contributed by atoms with Gasteiger partial charge in [-0.1, -0.05) is 6.07 Å². The van der Waals surface area contributed by atoms with Crippen molar-refractivity contribution in [1.82, 2.24) is 4.72 Å². The Labute approximate surface area is 216 Å². The number of nitrogens with one attached hydrogen (secondary N) is 2. The summed E-state index contributed by atoms with van der Waals surface area (Å²) < 4.78 is 98.3. The van der Waals surface area contributed by atoms with Crippen LogP contribution in [0.2, 0.25) is 0 Å². The molecule has 11 nitrogen and oxygen atoms in total. The van der Waals surface area contributed by atoms with E-state index < -0.39 is 72.5 Å². The average molecular weight is 579 g/mol. The van der Waals surface area contributed by atoms with Crippen molar-refractivity contribution in [2.75, 3.05) is 16.2 Å². The lowest BCUT2D eigenvalue weighted by atomic mass is 10.1. The number of halogens is 3. The SMILES string of the molecule is CC(C)(C)S(=O)(=O)NC(=O)CC1CN(S(=O)(=O)c2cccc(C(F)(F)F)c2)c2cc(NC(=O)[O-])ccc2O1. The molecular formula is C22H23F3N3O8S2-. The third-order valence-electron chi connectivity index (χ3n) is 5.35. The topological polar surface area (TPSA) is 162 Å². The van der Waals surface area contributed by atoms with Crippen LogP contribution in [-0.2, 0) is 31.0 Å². The second-order valence-corrected chi connectivity index (χ2v) is 13.5. The molecule has 0 spiro atoms. The van der Waals surface area contributed by atoms with Crippen LogP contribution >= 0.6 is 0 Å². The molecule has 1 atom stereocenters. The van der Waals surface area contributed by atoms with E-state index in [-0.39, 0.29) is 17.1 Å². The van der Waals surface area contributed by atoms with E-state index in [4.69, 9.17) is 4.74 Å². The van der Waals surface area contributed by atoms with Gasteiger partial charge < -0.3 is 20.0 Å². The van der Waals surface area contributed by atoms with Gasteiger partial charge in [0.25, 0.3) is 10.0 Å². The molecule has 0 aliphatic carbocycles. The number of ether oxygens (including phenoxy) is 1. The largest absolute Gasteiger partial charge is 0.530 e. The zero-order valence-corrected chi connectivity index (χ0v) is 21.8. The quantitative estimate of drug-likeness (QED) is 0.526. The first-order valence-corrected chi connectivity index (χ1v) is 13.8. The van der Waals surface area contributed by atoms with Gasteiger partial charge in [-0.15, -0.1) is 0 Å². The van der Waals surface area contributed by atoms with Crippen molar-refractivity contribution in [1.29, 1.82) is 0 Å². The Hall–Kier alpha value is -3.53. The standard InChI is InChI=1S/C22H24F3N3O8S2/c1-21(2,3)38(34,35)27-19(29)11-15-12-28(17-10-14(26-20(30)31)7-8-18(17)36-15)37(32,33)16-6-4-5-13(9-16)22(23,24)25/h4-10,15,26H,11-12H2,1-3H3,(H,27,29)(H,30,31)/p-1. The minimum Gasteiger partial charge on any atom is -0.530 e. The highest BCUT2D eigenvalue weighted by molar-refractivity contribution is 7.93. The molecule has 1 aliphatic rings. The number of sulfonamides is 2. The van der Waals surface area contributed by atoms with Gasteiger partial charge in [-0.05, 0) is 57.2 Å². The van der Waals surface area contributed by atoms with Crippen LogP contribution in [0.4, 0.5) is 29.3 Å². The van der Waals surface area contributed by atoms with Crippen molar-refractivity contribution in [2.45, 2.75) is 49.1 Å². The number of fused-ring (bicyclic) bond motifs is 1. The second-order valence-electron chi connectivity index (χ2n) is 9.24. The molecule has 2 amide bonds. The Bertz CT molecular complexity index is 1470. The predicted octanol–water partition coefficient (Wildman–Crippen LogP) is 2.05. The first kappa shape index (κ1) is 29.0. The molecule has 0 radical (unpaired) electrons. The Kier molecular flexibility index (Phi) is 7.62. The molecule has 0 saturated heterocycles. The normalized spacial score (nSPS) is 16.3. The first-order valence-electron chi connectivity index (χ1n) is 10.9. The van der Waals surface area contributed by atoms with Gasteiger partial charge in [0.2, 0.25) is 15.9 Å². The van der Waals surface area contributed by atoms with Crippen LogP contribution < -0.4 is 24.2 Å². The number of hydrogen-bond acceptors (Lipinski definition) is 8. The highest BCUT2D eigenvalue weighted by Gasteiger charge is 2.38. The van der Waals surface area contributed by atoms with Gasteiger partial charge in [0.05, 0.1) is 33.9 Å². The minimum absolute atomic E-state index is 0.121. The maximum atomic E-state index is 13.5. The number of carboxylic acid groups (broad SMARTS) is 1. The fraction of sp³-hybridized carbons (Fsp3) is 0.364. The predicted molar refractivity (Wildman–Crippen MR) is 127 cm³/mol. The maximum Gasteiger partial charge on any atom is 0.416 e. The molecule has 2 N–H and O–H groups in total. The zero-order chi connectivity index (χ0) is 28.7. The molecule has 38 heavy (non-hydrogen) atoms. The lowest BCUT2D eigenvalue weighted by Crippen LogP contribution is -2.48. The van der Waals surface area contributed by atoms with Crippen LogP contribution in [0.3, 0.4) is 0 Å². The van der Waals surface area contributed by atoms with Crippen LogP contribution in [0.5, 0.6) is 5.75 Å². The van der Waals surface area contributed by atoms with E-state index in [1.807, 2.05) is 10.0 Å². The van der Waals surface area contributed by atoms with Gasteiger partial charge in [0.1, 0.15) is 17.9 Å². The van der Waals surface area contributed by atoms with Gasteiger partial charge in [0.15, 0.2) is 0 Å². The average Bonchev–Trinajstić information content (AvgIpc) is 2.76. The van der Waals surface area contributed by atoms with Crippen molar-refractivity contribution >= 4 is 43.4 Å². The molecule has 3 rings (SSSR count). The summed E-state index contributed by atoms with van der Waals surface area (Å²) in [5.74, 6) is -1.15. The van der Waals surface area contributed by atoms with E-state index in [1.165, 1.54) is 32.9 Å². The lowest BCUT2D eigenvalue weighted by Gasteiger charge is -2.35. The molecular weight excluding hydrogens is 555 g/mol. The molecule has 1 heterocycles. The van der Waals surface area contributed by atoms with Gasteiger partial charge in [0, 0.05) is 5.69 Å². The second kappa shape index (κ2) is 9.98. The van der Waals surface area contributed by atoms with Gasteiger partial charge in [-0.3, -0.25) is 13.8 Å². The number of nitrogens with zero attached hydrogens (tertiary/aromatic N) is 1. The number of alkyl halides is 3. The molecule has 1 aliphatic heterocycles. The van der Waals surface area contributed by atoms with Crippen molar-refractivity contribution in [2.24, 2.45) is 0 Å². The first-order chi connectivity index (χ1) is 17.3. The summed E-state index contributed by atoms with van der Waals surface area (Å²) in [5, 5.41) is 12.9. The summed E-state index contributed by atoms with van der Waals surface area (Å²) in [7, 11) is -8.81. The molecule has 0 bridgehead atoms. The third kappa shape index (κ3) is 6.30. The minimum atomic E-state index is -4.83. The van der Waals surface area contributed by atoms with E-state index in [9.17, 15) is 44.7 Å². The van der Waals surface area contributed by atoms with Gasteiger partial charge in [-0.2, -0.15) is 13.2 Å². The van der Waals surface area contributed by atoms with Crippen LogP contribution in [0.25, 0.3) is 0 Å². The maximum absolute atomic E-state index is 13.5. The van der Waals surface area contributed by atoms with Crippen LogP contribution in [0.15, 0.2) is 47.4 Å². The smallest absolute Gasteiger partial charge is 0.416 e. The molecule has 0 fully saturated rings. The Morgan fingerprint density at radius 1 is 1.08 bits per heavy atom. The fourth-order valence-electron chi connectivity index (χ4n) is 3.35.